The zero-order chi connectivity index (χ0) is 23.2. The van der Waals surface area contributed by atoms with Crippen molar-refractivity contribution in [1.82, 2.24) is 0 Å². The van der Waals surface area contributed by atoms with Crippen LogP contribution in [0.25, 0.3) is 0 Å². The summed E-state index contributed by atoms with van der Waals surface area (Å²) in [5.41, 5.74) is 5.93. The zero-order valence-corrected chi connectivity index (χ0v) is 19.4. The third kappa shape index (κ3) is 7.07. The number of hydrogen-bond donors (Lipinski definition) is 4. The number of hydrogen-bond acceptors (Lipinski definition) is 6. The molecule has 3 aromatic carbocycles. The van der Waals surface area contributed by atoms with E-state index in [4.69, 9.17) is 31.9 Å². The lowest BCUT2D eigenvalue weighted by atomic mass is 9.93. The monoisotopic (exact) mass is 495 g/mol. The second-order valence-electron chi connectivity index (χ2n) is 7.07. The van der Waals surface area contributed by atoms with Gasteiger partial charge in [0.2, 0.25) is 0 Å². The first-order valence-electron chi connectivity index (χ1n) is 9.53. The van der Waals surface area contributed by atoms with Crippen LogP contribution in [0.15, 0.2) is 82.6 Å². The molecule has 1 atom stereocenters. The molecule has 10 heteroatoms. The van der Waals surface area contributed by atoms with Gasteiger partial charge in [-0.2, -0.15) is 0 Å². The van der Waals surface area contributed by atoms with E-state index in [0.29, 0.717) is 12.2 Å². The Morgan fingerprint density at radius 3 is 2.38 bits per heavy atom. The third-order valence-corrected chi connectivity index (χ3v) is 6.30. The average Bonchev–Trinajstić information content (AvgIpc) is 2.77. The molecule has 3 rings (SSSR count). The second kappa shape index (κ2) is 10.8. The molecule has 0 amide bonds. The van der Waals surface area contributed by atoms with E-state index in [-0.39, 0.29) is 5.02 Å². The van der Waals surface area contributed by atoms with E-state index in [2.05, 4.69) is 4.52 Å². The Bertz CT molecular complexity index is 1100. The van der Waals surface area contributed by atoms with Crippen LogP contribution in [0.4, 0.5) is 0 Å². The molecule has 0 aliphatic heterocycles. The topological polar surface area (TPSA) is 122 Å². The fourth-order valence-electron chi connectivity index (χ4n) is 2.88. The maximum atomic E-state index is 11.0. The summed E-state index contributed by atoms with van der Waals surface area (Å²) in [6, 6.07) is 22.6. The Hall–Kier alpha value is -1.87. The molecule has 0 unspecified atom stereocenters. The zero-order valence-electron chi connectivity index (χ0n) is 16.9. The number of halogens is 1. The average molecular weight is 496 g/mol. The van der Waals surface area contributed by atoms with Gasteiger partial charge in [-0.05, 0) is 41.5 Å². The van der Waals surface area contributed by atoms with E-state index < -0.39 is 26.6 Å². The van der Waals surface area contributed by atoms with Crippen LogP contribution in [-0.2, 0) is 21.2 Å². The van der Waals surface area contributed by atoms with Gasteiger partial charge >= 0.3 is 7.82 Å². The molecule has 0 saturated carbocycles. The van der Waals surface area contributed by atoms with E-state index in [1.165, 1.54) is 11.8 Å². The normalized spacial score (nSPS) is 13.5. The van der Waals surface area contributed by atoms with Gasteiger partial charge in [0.15, 0.2) is 0 Å². The molecule has 0 aliphatic rings. The number of nitrogens with two attached hydrogens (primary N) is 1. The molecule has 3 aromatic rings. The highest BCUT2D eigenvalue weighted by Gasteiger charge is 2.32. The summed E-state index contributed by atoms with van der Waals surface area (Å²) in [6.07, 6.45) is 0. The molecule has 0 spiro atoms. The summed E-state index contributed by atoms with van der Waals surface area (Å²) >= 11 is 7.84. The van der Waals surface area contributed by atoms with Crippen molar-refractivity contribution in [2.24, 2.45) is 5.73 Å². The molecule has 0 aliphatic carbocycles. The largest absolute Gasteiger partial charge is 0.489 e. The van der Waals surface area contributed by atoms with Gasteiger partial charge < -0.3 is 25.4 Å². The number of aliphatic hydroxyl groups is 1. The van der Waals surface area contributed by atoms with Crippen molar-refractivity contribution in [2.45, 2.75) is 21.9 Å². The van der Waals surface area contributed by atoms with E-state index in [1.54, 1.807) is 18.2 Å². The molecular formula is C22H23ClNO6PS. The molecule has 0 saturated heterocycles. The van der Waals surface area contributed by atoms with Crippen molar-refractivity contribution in [3.05, 3.63) is 88.9 Å². The predicted octanol–water partition coefficient (Wildman–Crippen LogP) is 4.33. The van der Waals surface area contributed by atoms with E-state index in [1.807, 2.05) is 54.6 Å². The molecule has 0 fully saturated rings. The highest BCUT2D eigenvalue weighted by Crippen LogP contribution is 2.40. The van der Waals surface area contributed by atoms with Crippen LogP contribution < -0.4 is 10.5 Å². The molecule has 0 radical (unpaired) electrons. The first kappa shape index (κ1) is 24.8. The van der Waals surface area contributed by atoms with Gasteiger partial charge in [-0.1, -0.05) is 65.8 Å². The maximum absolute atomic E-state index is 11.0. The first-order chi connectivity index (χ1) is 15.2. The SMILES string of the molecule is N[C@](CO)(COP(=O)(O)O)c1ccc(Sc2cccc(OCc3ccccc3)c2)cc1Cl. The smallest absolute Gasteiger partial charge is 0.469 e. The van der Waals surface area contributed by atoms with Gasteiger partial charge in [0.05, 0.1) is 18.8 Å². The Kier molecular flexibility index (Phi) is 8.38. The van der Waals surface area contributed by atoms with Gasteiger partial charge in [-0.3, -0.25) is 4.52 Å². The van der Waals surface area contributed by atoms with Crippen molar-refractivity contribution in [1.29, 1.82) is 0 Å². The lowest BCUT2D eigenvalue weighted by Gasteiger charge is -2.28. The third-order valence-electron chi connectivity index (χ3n) is 4.54. The molecule has 0 heterocycles. The minimum atomic E-state index is -4.75. The van der Waals surface area contributed by atoms with Crippen LogP contribution in [0.5, 0.6) is 5.75 Å². The van der Waals surface area contributed by atoms with Crippen molar-refractivity contribution >= 4 is 31.2 Å². The quantitative estimate of drug-likeness (QED) is 0.307. The summed E-state index contributed by atoms with van der Waals surface area (Å²) in [6.45, 7) is -0.743. The molecule has 0 bridgehead atoms. The van der Waals surface area contributed by atoms with Gasteiger partial charge in [-0.25, -0.2) is 4.57 Å². The van der Waals surface area contributed by atoms with Gasteiger partial charge in [0, 0.05) is 14.8 Å². The summed E-state index contributed by atoms with van der Waals surface area (Å²) in [7, 11) is -4.75. The second-order valence-corrected chi connectivity index (χ2v) is 9.86. The fraction of sp³-hybridized carbons (Fsp3) is 0.182. The van der Waals surface area contributed by atoms with Crippen LogP contribution in [0.1, 0.15) is 11.1 Å². The fourth-order valence-corrected chi connectivity index (χ4v) is 4.61. The lowest BCUT2D eigenvalue weighted by Crippen LogP contribution is -2.45. The predicted molar refractivity (Wildman–Crippen MR) is 124 cm³/mol. The number of ether oxygens (including phenoxy) is 1. The number of phosphoric acid groups is 1. The van der Waals surface area contributed by atoms with Crippen molar-refractivity contribution < 1.29 is 28.7 Å². The van der Waals surface area contributed by atoms with E-state index in [9.17, 15) is 9.67 Å². The van der Waals surface area contributed by atoms with Gasteiger partial charge in [0.25, 0.3) is 0 Å². The van der Waals surface area contributed by atoms with Gasteiger partial charge in [-0.15, -0.1) is 0 Å². The minimum Gasteiger partial charge on any atom is -0.489 e. The molecule has 0 aromatic heterocycles. The van der Waals surface area contributed by atoms with Crippen LogP contribution in [0.2, 0.25) is 5.02 Å². The van der Waals surface area contributed by atoms with E-state index in [0.717, 1.165) is 21.1 Å². The highest BCUT2D eigenvalue weighted by atomic mass is 35.5. The molecule has 7 nitrogen and oxygen atoms in total. The standard InChI is InChI=1S/C22H23ClNO6PS/c23-21-12-19(9-10-20(21)22(24,14-25)15-30-31(26,27)28)32-18-8-4-7-17(11-18)29-13-16-5-2-1-3-6-16/h1-12,25H,13-15,24H2,(H2,26,27,28)/t22-/m1/s1. The van der Waals surface area contributed by atoms with Crippen molar-refractivity contribution in [3.63, 3.8) is 0 Å². The lowest BCUT2D eigenvalue weighted by molar-refractivity contribution is 0.106. The summed E-state index contributed by atoms with van der Waals surface area (Å²) < 4.78 is 21.4. The minimum absolute atomic E-state index is 0.248. The van der Waals surface area contributed by atoms with Crippen LogP contribution in [0, 0.1) is 0 Å². The number of benzene rings is 3. The number of aliphatic hydroxyl groups excluding tert-OH is 1. The highest BCUT2D eigenvalue weighted by molar-refractivity contribution is 7.99. The van der Waals surface area contributed by atoms with Crippen LogP contribution in [0.3, 0.4) is 0 Å². The van der Waals surface area contributed by atoms with Crippen LogP contribution >= 0.6 is 31.2 Å². The molecule has 170 valence electrons. The van der Waals surface area contributed by atoms with E-state index >= 15 is 0 Å². The number of phosphoric ester groups is 1. The first-order valence-corrected chi connectivity index (χ1v) is 12.3. The Balaban J connectivity index is 1.70. The molecule has 32 heavy (non-hydrogen) atoms. The summed E-state index contributed by atoms with van der Waals surface area (Å²) in [5, 5.41) is 9.94. The van der Waals surface area contributed by atoms with Gasteiger partial charge in [0.1, 0.15) is 12.4 Å². The Labute approximate surface area is 195 Å². The van der Waals surface area contributed by atoms with Crippen molar-refractivity contribution in [3.8, 4) is 5.75 Å². The molecular weight excluding hydrogens is 473 g/mol. The van der Waals surface area contributed by atoms with Crippen molar-refractivity contribution in [2.75, 3.05) is 13.2 Å². The molecule has 5 N–H and O–H groups in total. The van der Waals surface area contributed by atoms with Crippen LogP contribution in [-0.4, -0.2) is 28.1 Å². The summed E-state index contributed by atoms with van der Waals surface area (Å²) in [5.74, 6) is 0.734. The summed E-state index contributed by atoms with van der Waals surface area (Å²) in [4.78, 5) is 19.6. The Morgan fingerprint density at radius 1 is 1.00 bits per heavy atom. The maximum Gasteiger partial charge on any atom is 0.469 e. The number of rotatable bonds is 10. The Morgan fingerprint density at radius 2 is 1.72 bits per heavy atom.